The number of aliphatic hydroxyl groups excluding tert-OH is 1. The molecule has 8 heteroatoms. The molecule has 14 heavy (non-hydrogen) atoms. The van der Waals surface area contributed by atoms with Gasteiger partial charge in [0.2, 0.25) is 10.0 Å². The number of aliphatic hydroxyl groups is 2. The van der Waals surface area contributed by atoms with Crippen LogP contribution in [0.4, 0.5) is 0 Å². The predicted molar refractivity (Wildman–Crippen MR) is 42.8 cm³/mol. The number of hydrogen-bond donors (Lipinski definition) is 2. The van der Waals surface area contributed by atoms with E-state index in [1.807, 2.05) is 0 Å². The molecule has 1 aliphatic rings. The smallest absolute Gasteiger partial charge is 0.211 e. The molecule has 1 aliphatic heterocycles. The minimum Gasteiger partial charge on any atom is -0.367 e. The van der Waals surface area contributed by atoms with Crippen molar-refractivity contribution in [2.45, 2.75) is 25.2 Å². The predicted octanol–water partition coefficient (Wildman–Crippen LogP) is -1.28. The first-order chi connectivity index (χ1) is 5.43. The summed E-state index contributed by atoms with van der Waals surface area (Å²) in [5, 5.41) is 17.7. The fraction of sp³-hybridized carbons (Fsp3) is 1.00. The summed E-state index contributed by atoms with van der Waals surface area (Å²) < 4.78 is 23.2. The third-order valence-electron chi connectivity index (χ3n) is 2.02. The van der Waals surface area contributed by atoms with Gasteiger partial charge in [0, 0.05) is 45.5 Å². The maximum Gasteiger partial charge on any atom is 0.211 e. The van der Waals surface area contributed by atoms with Crippen molar-refractivity contribution in [2.75, 3.05) is 12.8 Å². The van der Waals surface area contributed by atoms with E-state index in [1.54, 1.807) is 0 Å². The summed E-state index contributed by atoms with van der Waals surface area (Å²) >= 11 is 0. The summed E-state index contributed by atoms with van der Waals surface area (Å²) in [7, 11) is -3.28. The Morgan fingerprint density at radius 1 is 1.36 bits per heavy atom. The van der Waals surface area contributed by atoms with Gasteiger partial charge in [-0.05, 0) is 12.8 Å². The maximum absolute atomic E-state index is 11.1. The zero-order valence-electron chi connectivity index (χ0n) is 7.51. The van der Waals surface area contributed by atoms with Crippen LogP contribution in [0.25, 0.3) is 0 Å². The van der Waals surface area contributed by atoms with Crippen LogP contribution in [0.5, 0.6) is 0 Å². The van der Waals surface area contributed by atoms with Crippen LogP contribution in [0.1, 0.15) is 12.8 Å². The molecule has 1 atom stereocenters. The van der Waals surface area contributed by atoms with Crippen molar-refractivity contribution in [3.05, 3.63) is 0 Å². The molecule has 90 valence electrons. The molecule has 0 unspecified atom stereocenters. The first-order valence-corrected chi connectivity index (χ1v) is 5.60. The second kappa shape index (κ2) is 6.61. The maximum atomic E-state index is 11.1. The molecule has 2 N–H and O–H groups in total. The molecular weight excluding hydrogens is 388 g/mol. The van der Waals surface area contributed by atoms with Crippen LogP contribution in [-0.2, 0) is 49.0 Å². The standard InChI is InChI=1S/C6H13NO4S.2Rh/c1-12(10,11)7-4-2-3-5(7)6(8)9;;/h5-6,8-9H,2-4H2,1H3;;/t5-;;/m0../s1. The van der Waals surface area contributed by atoms with Gasteiger partial charge in [-0.1, -0.05) is 0 Å². The zero-order chi connectivity index (χ0) is 9.35. The second-order valence-electron chi connectivity index (χ2n) is 3.00. The molecule has 1 fully saturated rings. The fourth-order valence-electron chi connectivity index (χ4n) is 1.48. The minimum absolute atomic E-state index is 0. The van der Waals surface area contributed by atoms with Crippen LogP contribution in [0.2, 0.25) is 0 Å². The average molecular weight is 401 g/mol. The molecule has 0 aromatic rings. The summed E-state index contributed by atoms with van der Waals surface area (Å²) in [6.45, 7) is 0.390. The van der Waals surface area contributed by atoms with Crippen LogP contribution in [0.3, 0.4) is 0 Å². The van der Waals surface area contributed by atoms with Crippen molar-refractivity contribution < 1.29 is 57.6 Å². The van der Waals surface area contributed by atoms with Gasteiger partial charge in [-0.15, -0.1) is 0 Å². The Hall–Kier alpha value is 1.08. The number of sulfonamides is 1. The Balaban J connectivity index is 0. The monoisotopic (exact) mass is 401 g/mol. The summed E-state index contributed by atoms with van der Waals surface area (Å²) in [5.74, 6) is 0. The van der Waals surface area contributed by atoms with Gasteiger partial charge >= 0.3 is 0 Å². The van der Waals surface area contributed by atoms with Gasteiger partial charge in [0.1, 0.15) is 0 Å². The summed E-state index contributed by atoms with van der Waals surface area (Å²) in [6.07, 6.45) is 0.718. The molecule has 0 aromatic carbocycles. The largest absolute Gasteiger partial charge is 0.367 e. The van der Waals surface area contributed by atoms with Crippen molar-refractivity contribution in [1.82, 2.24) is 4.31 Å². The Labute approximate surface area is 109 Å². The van der Waals surface area contributed by atoms with Gasteiger partial charge < -0.3 is 10.2 Å². The van der Waals surface area contributed by atoms with Crippen LogP contribution in [-0.4, -0.2) is 48.1 Å². The van der Waals surface area contributed by atoms with Gasteiger partial charge in [-0.3, -0.25) is 0 Å². The molecule has 0 amide bonds. The van der Waals surface area contributed by atoms with E-state index < -0.39 is 22.4 Å². The van der Waals surface area contributed by atoms with Crippen molar-refractivity contribution in [3.63, 3.8) is 0 Å². The Morgan fingerprint density at radius 3 is 2.14 bits per heavy atom. The van der Waals surface area contributed by atoms with E-state index in [-0.39, 0.29) is 39.0 Å². The number of nitrogens with zero attached hydrogens (tertiary/aromatic N) is 1. The summed E-state index contributed by atoms with van der Waals surface area (Å²) in [6, 6.07) is -0.653. The average Bonchev–Trinajstić information content (AvgIpc) is 2.30. The third kappa shape index (κ3) is 4.29. The SMILES string of the molecule is CS(=O)(=O)N1CCC[C@H]1C(O)O.[Rh].[Rh]. The van der Waals surface area contributed by atoms with E-state index in [1.165, 1.54) is 0 Å². The van der Waals surface area contributed by atoms with Gasteiger partial charge in [0.05, 0.1) is 12.3 Å². The third-order valence-corrected chi connectivity index (χ3v) is 3.32. The van der Waals surface area contributed by atoms with Crippen molar-refractivity contribution in [3.8, 4) is 0 Å². The second-order valence-corrected chi connectivity index (χ2v) is 4.93. The minimum atomic E-state index is -3.28. The van der Waals surface area contributed by atoms with E-state index >= 15 is 0 Å². The van der Waals surface area contributed by atoms with E-state index in [9.17, 15) is 8.42 Å². The van der Waals surface area contributed by atoms with Crippen LogP contribution >= 0.6 is 0 Å². The van der Waals surface area contributed by atoms with E-state index in [4.69, 9.17) is 10.2 Å². The normalized spacial score (nSPS) is 23.0. The summed E-state index contributed by atoms with van der Waals surface area (Å²) in [4.78, 5) is 0. The molecule has 5 nitrogen and oxygen atoms in total. The van der Waals surface area contributed by atoms with Gasteiger partial charge in [-0.2, -0.15) is 4.31 Å². The topological polar surface area (TPSA) is 77.8 Å². The zero-order valence-corrected chi connectivity index (χ0v) is 11.6. The number of rotatable bonds is 2. The van der Waals surface area contributed by atoms with Crippen LogP contribution in [0, 0.1) is 0 Å². The molecule has 0 aromatic heterocycles. The van der Waals surface area contributed by atoms with E-state index in [2.05, 4.69) is 0 Å². The molecule has 2 radical (unpaired) electrons. The summed E-state index contributed by atoms with van der Waals surface area (Å²) in [5.41, 5.74) is 0. The molecule has 0 bridgehead atoms. The van der Waals surface area contributed by atoms with Crippen molar-refractivity contribution >= 4 is 10.0 Å². The van der Waals surface area contributed by atoms with E-state index in [0.717, 1.165) is 10.6 Å². The first kappa shape index (κ1) is 17.5. The van der Waals surface area contributed by atoms with Crippen molar-refractivity contribution in [1.29, 1.82) is 0 Å². The van der Waals surface area contributed by atoms with Crippen LogP contribution in [0.15, 0.2) is 0 Å². The van der Waals surface area contributed by atoms with Crippen molar-refractivity contribution in [2.24, 2.45) is 0 Å². The fourth-order valence-corrected chi connectivity index (χ4v) is 2.64. The molecular formula is C6H13NO4Rh2S. The number of hydrogen-bond acceptors (Lipinski definition) is 4. The van der Waals surface area contributed by atoms with E-state index in [0.29, 0.717) is 19.4 Å². The molecule has 1 heterocycles. The molecule has 1 rings (SSSR count). The Morgan fingerprint density at radius 2 is 1.86 bits per heavy atom. The van der Waals surface area contributed by atoms with Gasteiger partial charge in [0.15, 0.2) is 6.29 Å². The van der Waals surface area contributed by atoms with Gasteiger partial charge in [0.25, 0.3) is 0 Å². The molecule has 1 saturated heterocycles. The van der Waals surface area contributed by atoms with Crippen LogP contribution < -0.4 is 0 Å². The quantitative estimate of drug-likeness (QED) is 0.447. The molecule has 0 aliphatic carbocycles. The molecule has 0 spiro atoms. The Kier molecular flexibility index (Phi) is 8.25. The van der Waals surface area contributed by atoms with Gasteiger partial charge in [-0.25, -0.2) is 8.42 Å². The Bertz CT molecular complexity index is 257. The molecule has 0 saturated carbocycles. The first-order valence-electron chi connectivity index (χ1n) is 3.76.